The first-order valence-corrected chi connectivity index (χ1v) is 12.2. The maximum Gasteiger partial charge on any atom is 0.0595 e. The standard InChI is InChI=1S/C24H36N2Si/c1-6-25(7-2)24(26(8-3)9-4)19-27-23-17-15-22(16-18-23)20(5)21-13-11-10-12-14-21/h10-18,24H,5-9,19,27H2,1-4H3. The van der Waals surface area contributed by atoms with Gasteiger partial charge in [-0.15, -0.1) is 0 Å². The Morgan fingerprint density at radius 3 is 1.74 bits per heavy atom. The normalized spacial score (nSPS) is 12.0. The molecule has 0 N–H and O–H groups in total. The van der Waals surface area contributed by atoms with Gasteiger partial charge in [0.25, 0.3) is 0 Å². The van der Waals surface area contributed by atoms with Crippen molar-refractivity contribution in [2.75, 3.05) is 26.2 Å². The van der Waals surface area contributed by atoms with Crippen molar-refractivity contribution in [2.45, 2.75) is 39.9 Å². The molecule has 2 aromatic rings. The Bertz CT molecular complexity index is 661. The second-order valence-corrected chi connectivity index (χ2v) is 8.90. The van der Waals surface area contributed by atoms with Crippen LogP contribution in [0, 0.1) is 0 Å². The van der Waals surface area contributed by atoms with E-state index >= 15 is 0 Å². The van der Waals surface area contributed by atoms with E-state index in [1.807, 2.05) is 6.07 Å². The summed E-state index contributed by atoms with van der Waals surface area (Å²) in [5, 5.41) is 1.55. The van der Waals surface area contributed by atoms with Crippen LogP contribution in [0.5, 0.6) is 0 Å². The fourth-order valence-corrected chi connectivity index (χ4v) is 5.75. The fraction of sp³-hybridized carbons (Fsp3) is 0.417. The summed E-state index contributed by atoms with van der Waals surface area (Å²) >= 11 is 0. The SMILES string of the molecule is C=C(c1ccccc1)c1ccc([SiH2]CC(N(CC)CC)N(CC)CC)cc1. The van der Waals surface area contributed by atoms with Gasteiger partial charge in [0, 0.05) is 0 Å². The molecule has 0 saturated heterocycles. The van der Waals surface area contributed by atoms with E-state index in [0.29, 0.717) is 6.17 Å². The van der Waals surface area contributed by atoms with E-state index < -0.39 is 0 Å². The second kappa shape index (κ2) is 11.2. The lowest BCUT2D eigenvalue weighted by Crippen LogP contribution is -2.49. The molecular weight excluding hydrogens is 344 g/mol. The molecule has 2 rings (SSSR count). The van der Waals surface area contributed by atoms with Gasteiger partial charge in [0.05, 0.1) is 15.7 Å². The molecule has 2 aromatic carbocycles. The van der Waals surface area contributed by atoms with Crippen molar-refractivity contribution in [3.63, 3.8) is 0 Å². The zero-order chi connectivity index (χ0) is 19.6. The largest absolute Gasteiger partial charge is 0.289 e. The first kappa shape index (κ1) is 21.6. The van der Waals surface area contributed by atoms with Crippen molar-refractivity contribution in [1.29, 1.82) is 0 Å². The highest BCUT2D eigenvalue weighted by Crippen LogP contribution is 2.20. The molecule has 146 valence electrons. The van der Waals surface area contributed by atoms with Crippen molar-refractivity contribution in [3.8, 4) is 0 Å². The molecule has 2 nitrogen and oxygen atoms in total. The molecule has 0 aliphatic heterocycles. The van der Waals surface area contributed by atoms with E-state index in [1.54, 1.807) is 5.19 Å². The molecule has 0 spiro atoms. The van der Waals surface area contributed by atoms with Crippen LogP contribution in [0.4, 0.5) is 0 Å². The second-order valence-electron chi connectivity index (χ2n) is 7.00. The van der Waals surface area contributed by atoms with Crippen LogP contribution in [0.25, 0.3) is 5.57 Å². The van der Waals surface area contributed by atoms with Gasteiger partial charge >= 0.3 is 0 Å². The quantitative estimate of drug-likeness (QED) is 0.430. The third-order valence-corrected chi connectivity index (χ3v) is 7.44. The summed E-state index contributed by atoms with van der Waals surface area (Å²) < 4.78 is 0. The lowest BCUT2D eigenvalue weighted by Gasteiger charge is -2.38. The highest BCUT2D eigenvalue weighted by Gasteiger charge is 2.21. The van der Waals surface area contributed by atoms with Crippen LogP contribution in [0.3, 0.4) is 0 Å². The third-order valence-electron chi connectivity index (χ3n) is 5.58. The van der Waals surface area contributed by atoms with Crippen LogP contribution >= 0.6 is 0 Å². The fourth-order valence-electron chi connectivity index (χ4n) is 3.86. The van der Waals surface area contributed by atoms with Gasteiger partial charge in [-0.3, -0.25) is 9.80 Å². The number of nitrogens with zero attached hydrogens (tertiary/aromatic N) is 2. The van der Waals surface area contributed by atoms with E-state index in [0.717, 1.165) is 31.8 Å². The predicted molar refractivity (Wildman–Crippen MR) is 124 cm³/mol. The summed E-state index contributed by atoms with van der Waals surface area (Å²) in [6.45, 7) is 17.9. The van der Waals surface area contributed by atoms with E-state index in [-0.39, 0.29) is 9.52 Å². The first-order valence-electron chi connectivity index (χ1n) is 10.5. The zero-order valence-corrected chi connectivity index (χ0v) is 19.0. The van der Waals surface area contributed by atoms with Crippen molar-refractivity contribution >= 4 is 20.3 Å². The van der Waals surface area contributed by atoms with Crippen LogP contribution in [-0.2, 0) is 0 Å². The third kappa shape index (κ3) is 5.90. The molecule has 0 amide bonds. The Kier molecular flexibility index (Phi) is 8.99. The maximum atomic E-state index is 4.29. The lowest BCUT2D eigenvalue weighted by molar-refractivity contribution is 0.0713. The summed E-state index contributed by atoms with van der Waals surface area (Å²) in [5.74, 6) is 0. The molecular formula is C24H36N2Si. The average Bonchev–Trinajstić information content (AvgIpc) is 2.73. The van der Waals surface area contributed by atoms with Gasteiger partial charge in [0.15, 0.2) is 0 Å². The Labute approximate surface area is 168 Å². The first-order chi connectivity index (χ1) is 13.1. The van der Waals surface area contributed by atoms with Crippen molar-refractivity contribution in [3.05, 3.63) is 72.3 Å². The monoisotopic (exact) mass is 380 g/mol. The minimum Gasteiger partial charge on any atom is -0.289 e. The zero-order valence-electron chi connectivity index (χ0n) is 17.6. The van der Waals surface area contributed by atoms with Gasteiger partial charge in [-0.05, 0) is 48.9 Å². The molecule has 0 unspecified atom stereocenters. The van der Waals surface area contributed by atoms with Crippen LogP contribution < -0.4 is 5.19 Å². The average molecular weight is 381 g/mol. The summed E-state index contributed by atoms with van der Waals surface area (Å²) in [6.07, 6.45) is 0.584. The Morgan fingerprint density at radius 2 is 1.26 bits per heavy atom. The topological polar surface area (TPSA) is 6.48 Å². The summed E-state index contributed by atoms with van der Waals surface area (Å²) in [4.78, 5) is 5.23. The Hall–Kier alpha value is -1.68. The highest BCUT2D eigenvalue weighted by molar-refractivity contribution is 6.53. The molecule has 3 heteroatoms. The van der Waals surface area contributed by atoms with Crippen LogP contribution in [-0.4, -0.2) is 51.7 Å². The molecule has 0 radical (unpaired) electrons. The van der Waals surface area contributed by atoms with Gasteiger partial charge in [-0.25, -0.2) is 0 Å². The number of hydrogen-bond donors (Lipinski definition) is 0. The van der Waals surface area contributed by atoms with Crippen LogP contribution in [0.1, 0.15) is 38.8 Å². The molecule has 0 fully saturated rings. The predicted octanol–water partition coefficient (Wildman–Crippen LogP) is 3.97. The van der Waals surface area contributed by atoms with Crippen LogP contribution in [0.15, 0.2) is 61.2 Å². The summed E-state index contributed by atoms with van der Waals surface area (Å²) in [7, 11) is -0.298. The molecule has 0 aliphatic rings. The molecule has 0 heterocycles. The molecule has 0 aliphatic carbocycles. The number of hydrogen-bond acceptors (Lipinski definition) is 2. The number of rotatable bonds is 11. The van der Waals surface area contributed by atoms with Gasteiger partial charge < -0.3 is 0 Å². The van der Waals surface area contributed by atoms with Crippen molar-refractivity contribution < 1.29 is 0 Å². The van der Waals surface area contributed by atoms with E-state index in [2.05, 4.69) is 92.6 Å². The molecule has 0 bridgehead atoms. The number of benzene rings is 2. The molecule has 0 aromatic heterocycles. The van der Waals surface area contributed by atoms with Gasteiger partial charge in [-0.2, -0.15) is 0 Å². The lowest BCUT2D eigenvalue weighted by atomic mass is 10.00. The molecule has 0 atom stereocenters. The molecule has 27 heavy (non-hydrogen) atoms. The minimum absolute atomic E-state index is 0.298. The van der Waals surface area contributed by atoms with Gasteiger partial charge in [0.2, 0.25) is 0 Å². The maximum absolute atomic E-state index is 4.29. The van der Waals surface area contributed by atoms with E-state index in [4.69, 9.17) is 0 Å². The molecule has 0 saturated carbocycles. The van der Waals surface area contributed by atoms with Gasteiger partial charge in [0.1, 0.15) is 0 Å². The smallest absolute Gasteiger partial charge is 0.0595 e. The van der Waals surface area contributed by atoms with Crippen LogP contribution in [0.2, 0.25) is 6.04 Å². The van der Waals surface area contributed by atoms with E-state index in [1.165, 1.54) is 17.2 Å². The Balaban J connectivity index is 2.05. The Morgan fingerprint density at radius 1 is 0.778 bits per heavy atom. The summed E-state index contributed by atoms with van der Waals surface area (Å²) in [6, 6.07) is 20.9. The van der Waals surface area contributed by atoms with Gasteiger partial charge in [-0.1, -0.05) is 94.1 Å². The van der Waals surface area contributed by atoms with Crippen molar-refractivity contribution in [1.82, 2.24) is 9.80 Å². The minimum atomic E-state index is -0.298. The van der Waals surface area contributed by atoms with E-state index in [9.17, 15) is 0 Å². The summed E-state index contributed by atoms with van der Waals surface area (Å²) in [5.41, 5.74) is 3.53. The van der Waals surface area contributed by atoms with Crippen molar-refractivity contribution in [2.24, 2.45) is 0 Å². The highest BCUT2D eigenvalue weighted by atomic mass is 28.2.